The predicted molar refractivity (Wildman–Crippen MR) is 540 cm³/mol. The van der Waals surface area contributed by atoms with E-state index >= 15 is 0 Å². The lowest BCUT2D eigenvalue weighted by molar-refractivity contribution is -0.151. The molecule has 0 spiro atoms. The zero-order valence-corrected chi connectivity index (χ0v) is 81.6. The fourth-order valence-electron chi connectivity index (χ4n) is 21.0. The van der Waals surface area contributed by atoms with E-state index in [2.05, 4.69) is 203 Å². The highest BCUT2D eigenvalue weighted by Gasteiger charge is 2.49. The third kappa shape index (κ3) is 21.2. The number of ether oxygens (including phenoxy) is 12. The molecule has 0 aliphatic carbocycles. The number of nitrogens with one attached hydrogen (secondary N) is 6. The molecule has 18 atom stereocenters. The van der Waals surface area contributed by atoms with Crippen molar-refractivity contribution in [1.82, 2.24) is 0 Å². The number of aromatic hydroxyl groups is 2. The molecular formula is C115H123Cl2F3N6O14. The standard InChI is InChI=1S/C21H24FNO2.C20H21F2NO2.2C20H23NO2.2C17H16ClNO3/c1-21(2,3)13-8-9-17-15(12-13)19-20(25-11-10-24-19)18(23-17)14-6-4-5-7-16(14)22;1-11(2)12-6-7-16-13(10-12)19-20(25-9-8-24-19)18(23-16)17-14(21)4-3-5-15(17)22;2*1-13(2)15-8-9-17-16(12-15)19-20(23-11-10-22-19)18(21-17)14-6-4-3-5-7-14;2*18-11-4-5-14-13(9-11)16-17(22-7-6-21-16)15(19-14)10-2-1-3-12(20)8-10/h4-9,12,18-20,23H,10-11H2,1-3H3;3-7,10-11,18-20,23H,8-9H2,1-2H3;2*3-9,12-13,18-21H,10-11H2,1-2H3;2*1-5,8-9,15-17,19-20H,6-7H2/t3*18-,19+,20-;;15-,16+,17-;/m000.0./s1. The monoisotopic (exact) mass is 1940 g/mol. The van der Waals surface area contributed by atoms with Crippen LogP contribution in [0.15, 0.2) is 261 Å². The van der Waals surface area contributed by atoms with E-state index in [1.807, 2.05) is 97.1 Å². The first-order valence-electron chi connectivity index (χ1n) is 48.9. The largest absolute Gasteiger partial charge is 0.508 e. The number of halogens is 5. The van der Waals surface area contributed by atoms with Gasteiger partial charge in [-0.25, -0.2) is 13.2 Å². The van der Waals surface area contributed by atoms with Crippen molar-refractivity contribution in [2.75, 3.05) is 111 Å². The van der Waals surface area contributed by atoms with Crippen LogP contribution >= 0.6 is 23.2 Å². The van der Waals surface area contributed by atoms with Gasteiger partial charge in [0.1, 0.15) is 102 Å². The van der Waals surface area contributed by atoms with Gasteiger partial charge in [0, 0.05) is 88.7 Å². The Morgan fingerprint density at radius 1 is 0.264 bits per heavy atom. The normalized spacial score (nSPS) is 26.1. The summed E-state index contributed by atoms with van der Waals surface area (Å²) < 4.78 is 115. The lowest BCUT2D eigenvalue weighted by Crippen LogP contribution is -2.43. The number of hydrogen-bond acceptors (Lipinski definition) is 20. The minimum absolute atomic E-state index is 0.00147. The highest BCUT2D eigenvalue weighted by molar-refractivity contribution is 6.31. The molecule has 12 aliphatic heterocycles. The Hall–Kier alpha value is -11.1. The molecule has 6 saturated heterocycles. The van der Waals surface area contributed by atoms with Crippen molar-refractivity contribution in [3.63, 3.8) is 0 Å². The number of phenolic OH excluding ortho intramolecular Hbond substituents is 2. The molecule has 24 rings (SSSR count). The highest BCUT2D eigenvalue weighted by atomic mass is 35.5. The number of anilines is 6. The van der Waals surface area contributed by atoms with Crippen LogP contribution in [0.2, 0.25) is 10.0 Å². The van der Waals surface area contributed by atoms with Crippen LogP contribution in [0, 0.1) is 17.5 Å². The van der Waals surface area contributed by atoms with E-state index < -0.39 is 23.8 Å². The Kier molecular flexibility index (Phi) is 30.3. The molecule has 6 fully saturated rings. The maximum Gasteiger partial charge on any atom is 0.131 e. The van der Waals surface area contributed by atoms with Crippen molar-refractivity contribution >= 4 is 57.3 Å². The quantitative estimate of drug-likeness (QED) is 0.0673. The van der Waals surface area contributed by atoms with Gasteiger partial charge in [-0.15, -0.1) is 0 Å². The van der Waals surface area contributed by atoms with Gasteiger partial charge < -0.3 is 99.0 Å². The van der Waals surface area contributed by atoms with E-state index in [4.69, 9.17) is 80.0 Å². The number of hydrogen-bond donors (Lipinski definition) is 8. The Morgan fingerprint density at radius 3 is 0.886 bits per heavy atom. The van der Waals surface area contributed by atoms with Crippen LogP contribution in [0.1, 0.15) is 242 Å². The molecule has 12 aromatic rings. The Bertz CT molecular complexity index is 6040. The minimum Gasteiger partial charge on any atom is -0.508 e. The van der Waals surface area contributed by atoms with E-state index in [9.17, 15) is 23.4 Å². The molecule has 0 saturated carbocycles. The van der Waals surface area contributed by atoms with Gasteiger partial charge >= 0.3 is 0 Å². The van der Waals surface area contributed by atoms with Crippen molar-refractivity contribution in [2.24, 2.45) is 0 Å². The maximum absolute atomic E-state index is 14.4. The molecular weight excluding hydrogens is 1820 g/mol. The molecule has 0 radical (unpaired) electrons. The average molecular weight is 1940 g/mol. The molecule has 732 valence electrons. The van der Waals surface area contributed by atoms with Crippen molar-refractivity contribution in [2.45, 2.75) is 195 Å². The second-order valence-electron chi connectivity index (χ2n) is 39.2. The molecule has 8 N–H and O–H groups in total. The fraction of sp³-hybridized carbons (Fsp3) is 0.374. The van der Waals surface area contributed by atoms with Gasteiger partial charge in [0.25, 0.3) is 0 Å². The van der Waals surface area contributed by atoms with E-state index in [0.717, 1.165) is 67.5 Å². The van der Waals surface area contributed by atoms with Crippen molar-refractivity contribution in [1.29, 1.82) is 0 Å². The number of rotatable bonds is 9. The summed E-state index contributed by atoms with van der Waals surface area (Å²) in [6.45, 7) is 26.6. The molecule has 20 nitrogen and oxygen atoms in total. The molecule has 0 aromatic heterocycles. The summed E-state index contributed by atoms with van der Waals surface area (Å²) in [5, 5.41) is 42.0. The summed E-state index contributed by atoms with van der Waals surface area (Å²) >= 11 is 12.2. The second-order valence-corrected chi connectivity index (χ2v) is 40.1. The molecule has 25 heteroatoms. The van der Waals surface area contributed by atoms with Gasteiger partial charge in [0.05, 0.1) is 116 Å². The number of fused-ring (bicyclic) bond motifs is 18. The topological polar surface area (TPSA) is 223 Å². The first-order chi connectivity index (χ1) is 67.9. The minimum atomic E-state index is -0.635. The number of benzene rings is 12. The van der Waals surface area contributed by atoms with E-state index in [1.165, 1.54) is 68.8 Å². The average Bonchev–Trinajstić information content (AvgIpc) is 1.03. The van der Waals surface area contributed by atoms with Crippen LogP contribution in [0.3, 0.4) is 0 Å². The fourth-order valence-corrected chi connectivity index (χ4v) is 21.3. The second kappa shape index (κ2) is 43.4. The molecule has 0 bridgehead atoms. The summed E-state index contributed by atoms with van der Waals surface area (Å²) in [4.78, 5) is 0. The van der Waals surface area contributed by atoms with Crippen LogP contribution in [0.25, 0.3) is 0 Å². The SMILES string of the molecule is CC(C)(C)c1ccc2c(c1)[C@H]1OCCO[C@H]1[C@H](c1ccccc1F)N2.CC(C)c1ccc2c(c1)C1OCCOC1C(c1ccccc1)N2.CC(C)c1ccc2c(c1)[C@H]1OCCO[C@H]1[C@H](c1c(F)cccc1F)N2.CC(C)c1ccc2c(c1)[C@H]1OCCO[C@H]1[C@H](c1ccccc1)N2.Oc1cccc(C2Nc3ccc(Cl)cc3C3OCCOC23)c1.Oc1cccc([C@@H]2Nc3ccc(Cl)cc3[C@H]3OCCO[C@H]32)c1. The smallest absolute Gasteiger partial charge is 0.131 e. The lowest BCUT2D eigenvalue weighted by atomic mass is 9.82. The molecule has 12 aromatic carbocycles. The third-order valence-electron chi connectivity index (χ3n) is 28.1. The van der Waals surface area contributed by atoms with Gasteiger partial charge in [-0.3, -0.25) is 0 Å². The van der Waals surface area contributed by atoms with Crippen molar-refractivity contribution < 1.29 is 80.2 Å². The van der Waals surface area contributed by atoms with Gasteiger partial charge in [-0.2, -0.15) is 0 Å². The van der Waals surface area contributed by atoms with Gasteiger partial charge in [0.15, 0.2) is 0 Å². The van der Waals surface area contributed by atoms with E-state index in [-0.39, 0.29) is 126 Å². The molecule has 12 heterocycles. The summed E-state index contributed by atoms with van der Waals surface area (Å²) in [6, 6.07) is 82.8. The van der Waals surface area contributed by atoms with Crippen molar-refractivity contribution in [3.05, 3.63) is 377 Å². The molecule has 0 amide bonds. The Morgan fingerprint density at radius 2 is 0.536 bits per heavy atom. The van der Waals surface area contributed by atoms with Crippen molar-refractivity contribution in [3.8, 4) is 11.5 Å². The van der Waals surface area contributed by atoms with Crippen LogP contribution in [0.4, 0.5) is 47.3 Å². The Balaban J connectivity index is 0.000000107. The van der Waals surface area contributed by atoms with Gasteiger partial charge in [-0.1, -0.05) is 243 Å². The van der Waals surface area contributed by atoms with E-state index in [0.29, 0.717) is 113 Å². The molecule has 12 aliphatic rings. The zero-order valence-electron chi connectivity index (χ0n) is 80.1. The van der Waals surface area contributed by atoms with Gasteiger partial charge in [-0.05, 0) is 171 Å². The lowest BCUT2D eigenvalue weighted by Gasteiger charge is -2.43. The third-order valence-corrected chi connectivity index (χ3v) is 28.6. The van der Waals surface area contributed by atoms with Crippen LogP contribution in [0.5, 0.6) is 11.5 Å². The van der Waals surface area contributed by atoms with Crippen LogP contribution < -0.4 is 31.9 Å². The summed E-state index contributed by atoms with van der Waals surface area (Å²) in [5.74, 6) is 0.521. The highest BCUT2D eigenvalue weighted by Crippen LogP contribution is 2.54. The summed E-state index contributed by atoms with van der Waals surface area (Å²) in [6.07, 6.45) is -1.82. The number of phenols is 2. The van der Waals surface area contributed by atoms with E-state index in [1.54, 1.807) is 30.3 Å². The predicted octanol–water partition coefficient (Wildman–Crippen LogP) is 25.7. The maximum atomic E-state index is 14.4. The summed E-state index contributed by atoms with van der Waals surface area (Å²) in [7, 11) is 0. The molecule has 140 heavy (non-hydrogen) atoms. The summed E-state index contributed by atoms with van der Waals surface area (Å²) in [5.41, 5.74) is 23.0. The molecule has 6 unspecified atom stereocenters. The first-order valence-corrected chi connectivity index (χ1v) is 49.7. The Labute approximate surface area is 827 Å². The first kappa shape index (κ1) is 97.7. The van der Waals surface area contributed by atoms with Crippen LogP contribution in [-0.4, -0.2) is 126 Å². The van der Waals surface area contributed by atoms with Crippen LogP contribution in [-0.2, 0) is 62.3 Å². The van der Waals surface area contributed by atoms with Gasteiger partial charge in [0.2, 0.25) is 0 Å². The zero-order chi connectivity index (χ0) is 97.0.